The van der Waals surface area contributed by atoms with Crippen LogP contribution in [0.1, 0.15) is 39.2 Å². The van der Waals surface area contributed by atoms with Crippen LogP contribution in [-0.2, 0) is 16.1 Å². The summed E-state index contributed by atoms with van der Waals surface area (Å²) in [5.41, 5.74) is 0.907. The third kappa shape index (κ3) is 7.75. The molecule has 2 aromatic carbocycles. The molecule has 0 radical (unpaired) electrons. The summed E-state index contributed by atoms with van der Waals surface area (Å²) in [6.45, 7) is 6.12. The molecule has 0 aliphatic heterocycles. The summed E-state index contributed by atoms with van der Waals surface area (Å²) in [4.78, 5) is 28.5. The number of nitrogens with one attached hydrogen (secondary N) is 1. The molecule has 2 aromatic rings. The van der Waals surface area contributed by atoms with Crippen LogP contribution in [0.25, 0.3) is 0 Å². The van der Waals surface area contributed by atoms with Gasteiger partial charge in [0.15, 0.2) is 0 Å². The molecule has 0 aromatic heterocycles. The SMILES string of the molecule is CC[C@@H](C)NC(=O)[C@H](C)N(Cc1cccc(Cl)c1)C(=O)CCSc1ccccc1. The molecule has 4 nitrogen and oxygen atoms in total. The van der Waals surface area contributed by atoms with Crippen molar-refractivity contribution in [2.45, 2.75) is 57.1 Å². The van der Waals surface area contributed by atoms with E-state index in [2.05, 4.69) is 5.32 Å². The van der Waals surface area contributed by atoms with Gasteiger partial charge in [0.05, 0.1) is 0 Å². The molecule has 2 rings (SSSR count). The maximum Gasteiger partial charge on any atom is 0.242 e. The summed E-state index contributed by atoms with van der Waals surface area (Å²) < 4.78 is 0. The van der Waals surface area contributed by atoms with Crippen LogP contribution in [0.3, 0.4) is 0 Å². The number of hydrogen-bond donors (Lipinski definition) is 1. The molecule has 0 aliphatic carbocycles. The standard InChI is InChI=1S/C23H29ClN2O2S/c1-4-17(2)25-23(28)18(3)26(16-19-9-8-10-20(24)15-19)22(27)13-14-29-21-11-6-5-7-12-21/h5-12,15,17-18H,4,13-14,16H2,1-3H3,(H,25,28)/t17-,18+/m1/s1. The number of carbonyl (C=O) groups excluding carboxylic acids is 2. The Bertz CT molecular complexity index is 800. The summed E-state index contributed by atoms with van der Waals surface area (Å²) in [7, 11) is 0. The number of benzene rings is 2. The zero-order chi connectivity index (χ0) is 21.2. The Balaban J connectivity index is 2.07. The van der Waals surface area contributed by atoms with E-state index in [1.165, 1.54) is 0 Å². The van der Waals surface area contributed by atoms with Gasteiger partial charge in [-0.3, -0.25) is 9.59 Å². The molecule has 2 amide bonds. The first kappa shape index (κ1) is 23.3. The van der Waals surface area contributed by atoms with Gasteiger partial charge >= 0.3 is 0 Å². The molecule has 0 saturated heterocycles. The first-order valence-electron chi connectivity index (χ1n) is 9.92. The molecule has 6 heteroatoms. The van der Waals surface area contributed by atoms with Gasteiger partial charge in [-0.2, -0.15) is 0 Å². The lowest BCUT2D eigenvalue weighted by molar-refractivity contribution is -0.140. The summed E-state index contributed by atoms with van der Waals surface area (Å²) in [5, 5.41) is 3.60. The lowest BCUT2D eigenvalue weighted by Gasteiger charge is -2.29. The van der Waals surface area contributed by atoms with Crippen molar-refractivity contribution in [1.29, 1.82) is 0 Å². The van der Waals surface area contributed by atoms with E-state index in [0.29, 0.717) is 23.7 Å². The molecule has 0 aliphatic rings. The largest absolute Gasteiger partial charge is 0.352 e. The Hall–Kier alpha value is -1.98. The predicted octanol–water partition coefficient (Wildman–Crippen LogP) is 5.15. The maximum absolute atomic E-state index is 13.0. The number of rotatable bonds is 10. The van der Waals surface area contributed by atoms with E-state index in [0.717, 1.165) is 16.9 Å². The van der Waals surface area contributed by atoms with E-state index in [9.17, 15) is 9.59 Å². The van der Waals surface area contributed by atoms with Gasteiger partial charge in [0.2, 0.25) is 11.8 Å². The molecule has 0 unspecified atom stereocenters. The fourth-order valence-corrected chi connectivity index (χ4v) is 3.87. The average Bonchev–Trinajstić information content (AvgIpc) is 2.72. The van der Waals surface area contributed by atoms with Gasteiger partial charge in [0, 0.05) is 34.7 Å². The molecule has 29 heavy (non-hydrogen) atoms. The van der Waals surface area contributed by atoms with Crippen LogP contribution >= 0.6 is 23.4 Å². The number of nitrogens with zero attached hydrogens (tertiary/aromatic N) is 1. The highest BCUT2D eigenvalue weighted by Crippen LogP contribution is 2.20. The minimum absolute atomic E-state index is 0.0415. The number of hydrogen-bond acceptors (Lipinski definition) is 3. The summed E-state index contributed by atoms with van der Waals surface area (Å²) in [5.74, 6) is 0.486. The Morgan fingerprint density at radius 2 is 1.83 bits per heavy atom. The van der Waals surface area contributed by atoms with E-state index < -0.39 is 6.04 Å². The fraction of sp³-hybridized carbons (Fsp3) is 0.391. The molecule has 0 heterocycles. The zero-order valence-electron chi connectivity index (χ0n) is 17.2. The topological polar surface area (TPSA) is 49.4 Å². The van der Waals surface area contributed by atoms with Crippen molar-refractivity contribution in [3.05, 3.63) is 65.2 Å². The molecule has 1 N–H and O–H groups in total. The van der Waals surface area contributed by atoms with Crippen molar-refractivity contribution in [1.82, 2.24) is 10.2 Å². The van der Waals surface area contributed by atoms with Crippen LogP contribution < -0.4 is 5.32 Å². The van der Waals surface area contributed by atoms with Crippen molar-refractivity contribution < 1.29 is 9.59 Å². The van der Waals surface area contributed by atoms with Crippen molar-refractivity contribution in [2.75, 3.05) is 5.75 Å². The number of thioether (sulfide) groups is 1. The molecule has 2 atom stereocenters. The Morgan fingerprint density at radius 3 is 2.48 bits per heavy atom. The maximum atomic E-state index is 13.0. The van der Waals surface area contributed by atoms with Crippen molar-refractivity contribution in [3.63, 3.8) is 0 Å². The lowest BCUT2D eigenvalue weighted by Crippen LogP contribution is -2.49. The zero-order valence-corrected chi connectivity index (χ0v) is 18.8. The molecule has 156 valence electrons. The second-order valence-electron chi connectivity index (χ2n) is 7.06. The molecule has 0 fully saturated rings. The summed E-state index contributed by atoms with van der Waals surface area (Å²) in [6.07, 6.45) is 1.20. The third-order valence-corrected chi connectivity index (χ3v) is 5.99. The second-order valence-corrected chi connectivity index (χ2v) is 8.66. The minimum Gasteiger partial charge on any atom is -0.352 e. The molecule has 0 saturated carbocycles. The first-order valence-corrected chi connectivity index (χ1v) is 11.3. The van der Waals surface area contributed by atoms with Crippen LogP contribution in [0, 0.1) is 0 Å². The lowest BCUT2D eigenvalue weighted by atomic mass is 10.1. The summed E-state index contributed by atoms with van der Waals surface area (Å²) >= 11 is 7.74. The van der Waals surface area contributed by atoms with Crippen molar-refractivity contribution in [2.24, 2.45) is 0 Å². The quantitative estimate of drug-likeness (QED) is 0.528. The molecule has 0 spiro atoms. The minimum atomic E-state index is -0.558. The van der Waals surface area contributed by atoms with Gasteiger partial charge in [0.1, 0.15) is 6.04 Å². The van der Waals surface area contributed by atoms with Gasteiger partial charge in [-0.1, -0.05) is 48.9 Å². The third-order valence-electron chi connectivity index (χ3n) is 4.74. The summed E-state index contributed by atoms with van der Waals surface area (Å²) in [6, 6.07) is 16.9. The van der Waals surface area contributed by atoms with Crippen molar-refractivity contribution in [3.8, 4) is 0 Å². The molecule has 0 bridgehead atoms. The van der Waals surface area contributed by atoms with Crippen LogP contribution in [0.15, 0.2) is 59.5 Å². The molecular weight excluding hydrogens is 404 g/mol. The van der Waals surface area contributed by atoms with Crippen LogP contribution in [-0.4, -0.2) is 34.6 Å². The Kier molecular flexibility index (Phi) is 9.55. The monoisotopic (exact) mass is 432 g/mol. The van der Waals surface area contributed by atoms with E-state index in [-0.39, 0.29) is 17.9 Å². The predicted molar refractivity (Wildman–Crippen MR) is 121 cm³/mol. The Morgan fingerprint density at radius 1 is 1.10 bits per heavy atom. The van der Waals surface area contributed by atoms with Crippen LogP contribution in [0.5, 0.6) is 0 Å². The van der Waals surface area contributed by atoms with Crippen LogP contribution in [0.2, 0.25) is 5.02 Å². The number of carbonyl (C=O) groups is 2. The smallest absolute Gasteiger partial charge is 0.242 e. The van der Waals surface area contributed by atoms with Gasteiger partial charge in [-0.05, 0) is 50.1 Å². The van der Waals surface area contributed by atoms with Crippen molar-refractivity contribution >= 4 is 35.2 Å². The average molecular weight is 433 g/mol. The van der Waals surface area contributed by atoms with E-state index >= 15 is 0 Å². The van der Waals surface area contributed by atoms with Gasteiger partial charge < -0.3 is 10.2 Å². The van der Waals surface area contributed by atoms with Gasteiger partial charge in [0.25, 0.3) is 0 Å². The second kappa shape index (κ2) is 11.9. The van der Waals surface area contributed by atoms with Gasteiger partial charge in [-0.15, -0.1) is 11.8 Å². The van der Waals surface area contributed by atoms with E-state index in [1.807, 2.05) is 62.4 Å². The number of halogens is 1. The number of amides is 2. The highest BCUT2D eigenvalue weighted by atomic mass is 35.5. The first-order chi connectivity index (χ1) is 13.9. The molecular formula is C23H29ClN2O2S. The van der Waals surface area contributed by atoms with E-state index in [4.69, 9.17) is 11.6 Å². The highest BCUT2D eigenvalue weighted by Gasteiger charge is 2.26. The fourth-order valence-electron chi connectivity index (χ4n) is 2.80. The van der Waals surface area contributed by atoms with E-state index in [1.54, 1.807) is 29.7 Å². The Labute approximate surface area is 183 Å². The van der Waals surface area contributed by atoms with Gasteiger partial charge in [-0.25, -0.2) is 0 Å². The normalized spacial score (nSPS) is 12.8. The highest BCUT2D eigenvalue weighted by molar-refractivity contribution is 7.99. The van der Waals surface area contributed by atoms with Crippen LogP contribution in [0.4, 0.5) is 0 Å².